The number of para-hydroxylation sites is 1. The molecule has 0 saturated carbocycles. The zero-order chi connectivity index (χ0) is 17.3. The molecule has 1 rings (SSSR count). The van der Waals surface area contributed by atoms with Crippen LogP contribution >= 0.6 is 0 Å². The molecular weight excluding hydrogens is 292 g/mol. The molecule has 0 amide bonds. The van der Waals surface area contributed by atoms with Gasteiger partial charge < -0.3 is 4.74 Å². The van der Waals surface area contributed by atoms with Crippen molar-refractivity contribution in [3.05, 3.63) is 29.8 Å². The molecule has 1 nitrogen and oxygen atoms in total. The van der Waals surface area contributed by atoms with E-state index >= 15 is 0 Å². The number of aryl methyl sites for hydroxylation is 1. The van der Waals surface area contributed by atoms with Crippen LogP contribution in [0.25, 0.3) is 0 Å². The van der Waals surface area contributed by atoms with Crippen molar-refractivity contribution in [2.45, 2.75) is 103 Å². The molecule has 1 heteroatoms. The van der Waals surface area contributed by atoms with Crippen LogP contribution in [-0.4, -0.2) is 7.11 Å². The van der Waals surface area contributed by atoms with Gasteiger partial charge in [0, 0.05) is 0 Å². The van der Waals surface area contributed by atoms with Crippen molar-refractivity contribution in [2.75, 3.05) is 7.11 Å². The Bertz CT molecular complexity index is 385. The summed E-state index contributed by atoms with van der Waals surface area (Å²) in [7, 11) is 1.77. The summed E-state index contributed by atoms with van der Waals surface area (Å²) in [6.45, 7) is 2.29. The summed E-state index contributed by atoms with van der Waals surface area (Å²) < 4.78 is 5.41. The van der Waals surface area contributed by atoms with Crippen molar-refractivity contribution in [2.24, 2.45) is 0 Å². The molecule has 138 valence electrons. The largest absolute Gasteiger partial charge is 0.496 e. The first-order valence-electron chi connectivity index (χ1n) is 10.5. The minimum absolute atomic E-state index is 1.05. The normalized spacial score (nSPS) is 10.9. The van der Waals surface area contributed by atoms with Gasteiger partial charge in [-0.3, -0.25) is 0 Å². The third kappa shape index (κ3) is 10.7. The Morgan fingerprint density at radius 2 is 1.08 bits per heavy atom. The fourth-order valence-corrected chi connectivity index (χ4v) is 3.42. The first-order chi connectivity index (χ1) is 11.9. The van der Waals surface area contributed by atoms with Gasteiger partial charge in [0.1, 0.15) is 5.75 Å². The molecule has 24 heavy (non-hydrogen) atoms. The summed E-state index contributed by atoms with van der Waals surface area (Å²) in [5.74, 6) is 1.05. The lowest BCUT2D eigenvalue weighted by Crippen LogP contribution is -1.92. The van der Waals surface area contributed by atoms with E-state index in [1.54, 1.807) is 7.11 Å². The van der Waals surface area contributed by atoms with E-state index in [-0.39, 0.29) is 0 Å². The van der Waals surface area contributed by atoms with E-state index in [0.717, 1.165) is 12.2 Å². The fraction of sp³-hybridized carbons (Fsp3) is 0.739. The molecule has 0 aromatic heterocycles. The third-order valence-electron chi connectivity index (χ3n) is 4.99. The highest BCUT2D eigenvalue weighted by Crippen LogP contribution is 2.20. The second-order valence-electron chi connectivity index (χ2n) is 7.16. The maximum Gasteiger partial charge on any atom is 0.122 e. The molecule has 1 aromatic carbocycles. The number of methoxy groups -OCH3 is 1. The number of hydrogen-bond acceptors (Lipinski definition) is 1. The summed E-state index contributed by atoms with van der Waals surface area (Å²) >= 11 is 0. The van der Waals surface area contributed by atoms with Gasteiger partial charge in [-0.15, -0.1) is 0 Å². The lowest BCUT2D eigenvalue weighted by atomic mass is 10.0. The highest BCUT2D eigenvalue weighted by molar-refractivity contribution is 5.33. The molecular formula is C23H40O. The number of hydrogen-bond donors (Lipinski definition) is 0. The molecule has 1 aromatic rings. The van der Waals surface area contributed by atoms with Gasteiger partial charge in [-0.2, -0.15) is 0 Å². The third-order valence-corrected chi connectivity index (χ3v) is 4.99. The van der Waals surface area contributed by atoms with Crippen LogP contribution in [0.15, 0.2) is 24.3 Å². The van der Waals surface area contributed by atoms with Crippen molar-refractivity contribution >= 4 is 0 Å². The molecule has 0 heterocycles. The maximum absolute atomic E-state index is 5.41. The number of benzene rings is 1. The summed E-state index contributed by atoms with van der Waals surface area (Å²) in [5.41, 5.74) is 1.36. The van der Waals surface area contributed by atoms with Gasteiger partial charge in [0.15, 0.2) is 0 Å². The van der Waals surface area contributed by atoms with Crippen LogP contribution in [0.3, 0.4) is 0 Å². The second-order valence-corrected chi connectivity index (χ2v) is 7.16. The Labute approximate surface area is 151 Å². The summed E-state index contributed by atoms with van der Waals surface area (Å²) in [5, 5.41) is 0. The molecule has 0 fully saturated rings. The zero-order valence-electron chi connectivity index (χ0n) is 16.3. The number of rotatable bonds is 16. The average molecular weight is 333 g/mol. The van der Waals surface area contributed by atoms with Gasteiger partial charge >= 0.3 is 0 Å². The van der Waals surface area contributed by atoms with Gasteiger partial charge in [-0.25, -0.2) is 0 Å². The van der Waals surface area contributed by atoms with Crippen molar-refractivity contribution in [3.63, 3.8) is 0 Å². The topological polar surface area (TPSA) is 9.23 Å². The monoisotopic (exact) mass is 332 g/mol. The SMILES string of the molecule is CCCCCCCCCCCCCCCCc1ccccc1OC. The molecule has 0 aliphatic heterocycles. The Balaban J connectivity index is 1.84. The van der Waals surface area contributed by atoms with E-state index < -0.39 is 0 Å². The van der Waals surface area contributed by atoms with E-state index in [0.29, 0.717) is 0 Å². The number of ether oxygens (including phenoxy) is 1. The lowest BCUT2D eigenvalue weighted by molar-refractivity contribution is 0.408. The highest BCUT2D eigenvalue weighted by Gasteiger charge is 2.01. The molecule has 0 aliphatic rings. The van der Waals surface area contributed by atoms with E-state index in [2.05, 4.69) is 25.1 Å². The second kappa shape index (κ2) is 15.5. The molecule has 0 radical (unpaired) electrons. The smallest absolute Gasteiger partial charge is 0.122 e. The van der Waals surface area contributed by atoms with Crippen molar-refractivity contribution < 1.29 is 4.74 Å². The van der Waals surface area contributed by atoms with E-state index in [4.69, 9.17) is 4.74 Å². The average Bonchev–Trinajstić information content (AvgIpc) is 2.62. The summed E-state index contributed by atoms with van der Waals surface area (Å²) in [6.07, 6.45) is 21.0. The molecule has 0 bridgehead atoms. The summed E-state index contributed by atoms with van der Waals surface area (Å²) in [6, 6.07) is 8.43. The Kier molecular flexibility index (Phi) is 13.6. The van der Waals surface area contributed by atoms with Gasteiger partial charge in [0.25, 0.3) is 0 Å². The quantitative estimate of drug-likeness (QED) is 0.281. The van der Waals surface area contributed by atoms with Crippen LogP contribution < -0.4 is 4.74 Å². The molecule has 0 unspecified atom stereocenters. The van der Waals surface area contributed by atoms with Gasteiger partial charge in [0.05, 0.1) is 7.11 Å². The molecule has 0 atom stereocenters. The molecule has 0 N–H and O–H groups in total. The zero-order valence-corrected chi connectivity index (χ0v) is 16.3. The Morgan fingerprint density at radius 1 is 0.625 bits per heavy atom. The van der Waals surface area contributed by atoms with Crippen LogP contribution in [0, 0.1) is 0 Å². The Morgan fingerprint density at radius 3 is 1.58 bits per heavy atom. The minimum Gasteiger partial charge on any atom is -0.496 e. The fourth-order valence-electron chi connectivity index (χ4n) is 3.42. The van der Waals surface area contributed by atoms with E-state index in [1.807, 2.05) is 6.07 Å². The van der Waals surface area contributed by atoms with E-state index in [9.17, 15) is 0 Å². The Hall–Kier alpha value is -0.980. The first-order valence-corrected chi connectivity index (χ1v) is 10.5. The van der Waals surface area contributed by atoms with Crippen LogP contribution in [0.5, 0.6) is 5.75 Å². The minimum atomic E-state index is 1.05. The van der Waals surface area contributed by atoms with Crippen molar-refractivity contribution in [1.29, 1.82) is 0 Å². The predicted molar refractivity (Wildman–Crippen MR) is 107 cm³/mol. The standard InChI is InChI=1S/C23H40O/c1-3-4-5-6-7-8-9-10-11-12-13-14-15-16-19-22-20-17-18-21-23(22)24-2/h17-18,20-21H,3-16,19H2,1-2H3. The first kappa shape index (κ1) is 21.1. The van der Waals surface area contributed by atoms with Gasteiger partial charge in [-0.05, 0) is 24.5 Å². The lowest BCUT2D eigenvalue weighted by Gasteiger charge is -2.07. The molecule has 0 spiro atoms. The highest BCUT2D eigenvalue weighted by atomic mass is 16.5. The molecule has 0 aliphatic carbocycles. The number of unbranched alkanes of at least 4 members (excludes halogenated alkanes) is 13. The van der Waals surface area contributed by atoms with E-state index in [1.165, 1.54) is 95.5 Å². The van der Waals surface area contributed by atoms with Crippen LogP contribution in [-0.2, 0) is 6.42 Å². The molecule has 0 saturated heterocycles. The van der Waals surface area contributed by atoms with Crippen LogP contribution in [0.2, 0.25) is 0 Å². The van der Waals surface area contributed by atoms with Gasteiger partial charge in [0.2, 0.25) is 0 Å². The van der Waals surface area contributed by atoms with Crippen molar-refractivity contribution in [1.82, 2.24) is 0 Å². The predicted octanol–water partition coefficient (Wildman–Crippen LogP) is 7.72. The van der Waals surface area contributed by atoms with Crippen LogP contribution in [0.4, 0.5) is 0 Å². The maximum atomic E-state index is 5.41. The van der Waals surface area contributed by atoms with Crippen molar-refractivity contribution in [3.8, 4) is 5.75 Å². The van der Waals surface area contributed by atoms with Gasteiger partial charge in [-0.1, -0.05) is 109 Å². The van der Waals surface area contributed by atoms with Crippen LogP contribution in [0.1, 0.15) is 102 Å². The summed E-state index contributed by atoms with van der Waals surface area (Å²) in [4.78, 5) is 0.